The number of benzene rings is 1. The Morgan fingerprint density at radius 2 is 2.04 bits per heavy atom. The lowest BCUT2D eigenvalue weighted by Crippen LogP contribution is -2.52. The van der Waals surface area contributed by atoms with Crippen molar-refractivity contribution in [3.05, 3.63) is 40.4 Å². The Morgan fingerprint density at radius 3 is 2.81 bits per heavy atom. The molecule has 0 atom stereocenters. The van der Waals surface area contributed by atoms with Crippen molar-refractivity contribution in [3.63, 3.8) is 0 Å². The van der Waals surface area contributed by atoms with Crippen LogP contribution >= 0.6 is 0 Å². The maximum Gasteiger partial charge on any atom is 0.317 e. The van der Waals surface area contributed by atoms with Crippen LogP contribution in [-0.4, -0.2) is 71.7 Å². The van der Waals surface area contributed by atoms with Crippen molar-refractivity contribution in [1.29, 1.82) is 0 Å². The van der Waals surface area contributed by atoms with E-state index in [-0.39, 0.29) is 11.6 Å². The van der Waals surface area contributed by atoms with Gasteiger partial charge in [0, 0.05) is 39.3 Å². The second-order valence-electron chi connectivity index (χ2n) is 6.22. The quantitative estimate of drug-likeness (QED) is 0.744. The first-order valence-electron chi connectivity index (χ1n) is 8.98. The van der Waals surface area contributed by atoms with E-state index < -0.39 is 0 Å². The highest BCUT2D eigenvalue weighted by Crippen LogP contribution is 2.09. The summed E-state index contributed by atoms with van der Waals surface area (Å²) in [6.07, 6.45) is 0. The molecular weight excluding hydrogens is 334 g/mol. The summed E-state index contributed by atoms with van der Waals surface area (Å²) in [6, 6.07) is 7.27. The number of carbonyl (C=O) groups is 1. The van der Waals surface area contributed by atoms with Crippen LogP contribution in [0.4, 0.5) is 4.79 Å². The summed E-state index contributed by atoms with van der Waals surface area (Å²) >= 11 is 0. The molecule has 1 aromatic heterocycles. The molecule has 1 aliphatic heterocycles. The monoisotopic (exact) mass is 359 g/mol. The van der Waals surface area contributed by atoms with E-state index in [1.165, 1.54) is 0 Å². The van der Waals surface area contributed by atoms with Crippen LogP contribution in [0.1, 0.15) is 12.7 Å². The van der Waals surface area contributed by atoms with Gasteiger partial charge in [0.05, 0.1) is 24.1 Å². The molecule has 140 valence electrons. The van der Waals surface area contributed by atoms with Crippen molar-refractivity contribution in [2.75, 3.05) is 45.9 Å². The van der Waals surface area contributed by atoms with E-state index in [1.54, 1.807) is 11.0 Å². The minimum Gasteiger partial charge on any atom is -0.380 e. The molecule has 8 nitrogen and oxygen atoms in total. The third-order valence-corrected chi connectivity index (χ3v) is 4.42. The van der Waals surface area contributed by atoms with Gasteiger partial charge >= 0.3 is 6.03 Å². The lowest BCUT2D eigenvalue weighted by atomic mass is 10.2. The van der Waals surface area contributed by atoms with Gasteiger partial charge in [-0.2, -0.15) is 0 Å². The number of aromatic nitrogens is 2. The predicted octanol–water partition coefficient (Wildman–Crippen LogP) is 0.787. The van der Waals surface area contributed by atoms with E-state index in [0.717, 1.165) is 13.1 Å². The number of para-hydroxylation sites is 1. The van der Waals surface area contributed by atoms with Gasteiger partial charge in [-0.25, -0.2) is 9.78 Å². The van der Waals surface area contributed by atoms with E-state index in [4.69, 9.17) is 4.74 Å². The van der Waals surface area contributed by atoms with E-state index >= 15 is 0 Å². The first kappa shape index (κ1) is 18.3. The van der Waals surface area contributed by atoms with Crippen LogP contribution in [0.3, 0.4) is 0 Å². The SMILES string of the molecule is CCOCCNC(=O)N1CCN(Cc2nc3ccccc3c(=O)[nH]2)CC1. The Bertz CT molecular complexity index is 799. The zero-order chi connectivity index (χ0) is 18.4. The summed E-state index contributed by atoms with van der Waals surface area (Å²) in [5.74, 6) is 0.656. The Labute approximate surface area is 152 Å². The fraction of sp³-hybridized carbons (Fsp3) is 0.500. The highest BCUT2D eigenvalue weighted by Gasteiger charge is 2.21. The maximum absolute atomic E-state index is 12.1. The number of nitrogens with zero attached hydrogens (tertiary/aromatic N) is 3. The largest absolute Gasteiger partial charge is 0.380 e. The number of urea groups is 1. The van der Waals surface area contributed by atoms with Crippen molar-refractivity contribution in [2.45, 2.75) is 13.5 Å². The lowest BCUT2D eigenvalue weighted by molar-refractivity contribution is 0.125. The third kappa shape index (κ3) is 4.59. The van der Waals surface area contributed by atoms with Crippen LogP contribution in [-0.2, 0) is 11.3 Å². The lowest BCUT2D eigenvalue weighted by Gasteiger charge is -2.34. The van der Waals surface area contributed by atoms with E-state index in [0.29, 0.717) is 56.1 Å². The van der Waals surface area contributed by atoms with E-state index in [9.17, 15) is 9.59 Å². The number of amides is 2. The van der Waals surface area contributed by atoms with Gasteiger partial charge in [0.15, 0.2) is 0 Å². The minimum absolute atomic E-state index is 0.0541. The second-order valence-corrected chi connectivity index (χ2v) is 6.22. The molecule has 1 aliphatic rings. The Kier molecular flexibility index (Phi) is 6.19. The molecule has 2 heterocycles. The van der Waals surface area contributed by atoms with Gasteiger partial charge in [-0.1, -0.05) is 12.1 Å². The first-order chi connectivity index (χ1) is 12.7. The summed E-state index contributed by atoms with van der Waals surface area (Å²) in [7, 11) is 0. The van der Waals surface area contributed by atoms with Gasteiger partial charge in [0.2, 0.25) is 0 Å². The topological polar surface area (TPSA) is 90.6 Å². The number of hydrogen-bond donors (Lipinski definition) is 2. The molecule has 0 aliphatic carbocycles. The molecule has 3 rings (SSSR count). The average Bonchev–Trinajstić information content (AvgIpc) is 2.66. The number of ether oxygens (including phenoxy) is 1. The summed E-state index contributed by atoms with van der Waals surface area (Å²) < 4.78 is 5.22. The third-order valence-electron chi connectivity index (χ3n) is 4.42. The molecule has 26 heavy (non-hydrogen) atoms. The average molecular weight is 359 g/mol. The van der Waals surface area contributed by atoms with Gasteiger partial charge in [-0.05, 0) is 19.1 Å². The normalized spacial score (nSPS) is 15.3. The fourth-order valence-corrected chi connectivity index (χ4v) is 3.02. The van der Waals surface area contributed by atoms with Crippen LogP contribution in [0.15, 0.2) is 29.1 Å². The number of hydrogen-bond acceptors (Lipinski definition) is 5. The van der Waals surface area contributed by atoms with Crippen LogP contribution in [0.25, 0.3) is 10.9 Å². The number of nitrogens with one attached hydrogen (secondary N) is 2. The molecule has 1 fully saturated rings. The molecule has 1 aromatic carbocycles. The number of aromatic amines is 1. The van der Waals surface area contributed by atoms with Crippen molar-refractivity contribution < 1.29 is 9.53 Å². The summed E-state index contributed by atoms with van der Waals surface area (Å²) in [6.45, 7) is 7.00. The summed E-state index contributed by atoms with van der Waals surface area (Å²) in [5.41, 5.74) is 0.594. The van der Waals surface area contributed by atoms with Crippen molar-refractivity contribution in [3.8, 4) is 0 Å². The van der Waals surface area contributed by atoms with Crippen LogP contribution in [0.2, 0.25) is 0 Å². The molecule has 0 bridgehead atoms. The van der Waals surface area contributed by atoms with Gasteiger partial charge in [0.25, 0.3) is 5.56 Å². The molecule has 0 radical (unpaired) electrons. The Morgan fingerprint density at radius 1 is 1.27 bits per heavy atom. The van der Waals surface area contributed by atoms with Gasteiger partial charge in [-0.15, -0.1) is 0 Å². The minimum atomic E-state index is -0.113. The fourth-order valence-electron chi connectivity index (χ4n) is 3.02. The molecule has 0 saturated carbocycles. The summed E-state index contributed by atoms with van der Waals surface area (Å²) in [4.78, 5) is 35.6. The standard InChI is InChI=1S/C18H25N5O3/c1-2-26-12-7-19-18(25)23-10-8-22(9-11-23)13-16-20-15-6-4-3-5-14(15)17(24)21-16/h3-6H,2,7-13H2,1H3,(H,19,25)(H,20,21,24). The second kappa shape index (κ2) is 8.77. The van der Waals surface area contributed by atoms with Crippen molar-refractivity contribution >= 4 is 16.9 Å². The van der Waals surface area contributed by atoms with Crippen molar-refractivity contribution in [2.24, 2.45) is 0 Å². The predicted molar refractivity (Wildman–Crippen MR) is 99.1 cm³/mol. The molecule has 0 unspecified atom stereocenters. The molecule has 1 saturated heterocycles. The number of piperazine rings is 1. The molecule has 2 N–H and O–H groups in total. The zero-order valence-electron chi connectivity index (χ0n) is 15.0. The smallest absolute Gasteiger partial charge is 0.317 e. The molecule has 2 aromatic rings. The van der Waals surface area contributed by atoms with E-state index in [2.05, 4.69) is 20.2 Å². The number of rotatable bonds is 6. The van der Waals surface area contributed by atoms with Crippen LogP contribution in [0, 0.1) is 0 Å². The summed E-state index contributed by atoms with van der Waals surface area (Å²) in [5, 5.41) is 3.46. The highest BCUT2D eigenvalue weighted by molar-refractivity contribution is 5.77. The zero-order valence-corrected chi connectivity index (χ0v) is 15.0. The van der Waals surface area contributed by atoms with Crippen LogP contribution < -0.4 is 10.9 Å². The van der Waals surface area contributed by atoms with Gasteiger partial charge < -0.3 is 19.9 Å². The highest BCUT2D eigenvalue weighted by atomic mass is 16.5. The molecule has 0 spiro atoms. The Hall–Kier alpha value is -2.45. The molecular formula is C18H25N5O3. The van der Waals surface area contributed by atoms with Crippen molar-refractivity contribution in [1.82, 2.24) is 25.1 Å². The number of carbonyl (C=O) groups excluding carboxylic acids is 1. The maximum atomic E-state index is 12.1. The first-order valence-corrected chi connectivity index (χ1v) is 8.98. The molecule has 8 heteroatoms. The Balaban J connectivity index is 1.51. The van der Waals surface area contributed by atoms with Gasteiger partial charge in [0.1, 0.15) is 5.82 Å². The van der Waals surface area contributed by atoms with E-state index in [1.807, 2.05) is 25.1 Å². The van der Waals surface area contributed by atoms with Crippen LogP contribution in [0.5, 0.6) is 0 Å². The number of H-pyrrole nitrogens is 1. The molecule has 2 amide bonds. The number of fused-ring (bicyclic) bond motifs is 1. The van der Waals surface area contributed by atoms with Gasteiger partial charge in [-0.3, -0.25) is 9.69 Å².